The molecule has 1 N–H and O–H groups in total. The minimum Gasteiger partial charge on any atom is -0.492 e. The molecule has 28 heavy (non-hydrogen) atoms. The zero-order chi connectivity index (χ0) is 19.3. The maximum absolute atomic E-state index is 5.80. The second-order valence-corrected chi connectivity index (χ2v) is 7.28. The molecule has 144 valence electrons. The fourth-order valence-electron chi connectivity index (χ4n) is 4.12. The van der Waals surface area contributed by atoms with Crippen molar-refractivity contribution in [3.8, 4) is 22.9 Å². The smallest absolute Gasteiger partial charge is 0.231 e. The van der Waals surface area contributed by atoms with Crippen LogP contribution in [0.4, 0.5) is 0 Å². The van der Waals surface area contributed by atoms with Crippen LogP contribution in [0.25, 0.3) is 5.69 Å². The number of aromatic nitrogens is 4. The Morgan fingerprint density at radius 3 is 2.82 bits per heavy atom. The molecule has 5 rings (SSSR count). The number of aryl methyl sites for hydroxylation is 1. The fraction of sp³-hybridized carbons (Fsp3) is 0.350. The van der Waals surface area contributed by atoms with Crippen molar-refractivity contribution in [2.75, 3.05) is 27.5 Å². The molecule has 1 aromatic heterocycles. The Hall–Kier alpha value is -3.13. The summed E-state index contributed by atoms with van der Waals surface area (Å²) in [5.74, 6) is 2.90. The van der Waals surface area contributed by atoms with Gasteiger partial charge >= 0.3 is 0 Å². The van der Waals surface area contributed by atoms with Crippen LogP contribution in [0.2, 0.25) is 0 Å². The van der Waals surface area contributed by atoms with E-state index in [9.17, 15) is 0 Å². The molecule has 0 aliphatic carbocycles. The molecule has 2 aliphatic heterocycles. The lowest BCUT2D eigenvalue weighted by Crippen LogP contribution is -3.10. The van der Waals surface area contributed by atoms with Crippen LogP contribution in [0.15, 0.2) is 30.3 Å². The standard InChI is InChI=1S/C20H21N5O3/c1-12-4-6-14(7-5-12)25-20(21-22-23-25)17-16-13(8-9-24(17)2)10-15-18(19(16)26-3)28-11-27-15/h4-7,10,17H,8-9,11H2,1-3H3/p+1/t17-/m0/s1. The van der Waals surface area contributed by atoms with Gasteiger partial charge in [0.1, 0.15) is 0 Å². The van der Waals surface area contributed by atoms with E-state index < -0.39 is 0 Å². The molecule has 3 heterocycles. The molecule has 8 nitrogen and oxygen atoms in total. The fourth-order valence-corrected chi connectivity index (χ4v) is 4.12. The third-order valence-electron chi connectivity index (χ3n) is 5.55. The zero-order valence-electron chi connectivity index (χ0n) is 16.1. The maximum atomic E-state index is 5.80. The number of ether oxygens (including phenoxy) is 3. The number of methoxy groups -OCH3 is 1. The van der Waals surface area contributed by atoms with Crippen LogP contribution in [0, 0.1) is 6.92 Å². The van der Waals surface area contributed by atoms with E-state index >= 15 is 0 Å². The summed E-state index contributed by atoms with van der Waals surface area (Å²) in [5, 5.41) is 12.7. The summed E-state index contributed by atoms with van der Waals surface area (Å²) in [6, 6.07) is 10.2. The third kappa shape index (κ3) is 2.52. The van der Waals surface area contributed by atoms with E-state index in [4.69, 9.17) is 14.2 Å². The van der Waals surface area contributed by atoms with Crippen molar-refractivity contribution >= 4 is 0 Å². The topological polar surface area (TPSA) is 75.7 Å². The van der Waals surface area contributed by atoms with Gasteiger partial charge < -0.3 is 19.1 Å². The monoisotopic (exact) mass is 380 g/mol. The SMILES string of the molecule is COc1c2c(cc3c1[C@@H](c1nnnn1-c1ccc(C)cc1)[NH+](C)CC3)OCO2. The predicted octanol–water partition coefficient (Wildman–Crippen LogP) is 0.868. The van der Waals surface area contributed by atoms with Crippen LogP contribution in [0.3, 0.4) is 0 Å². The number of nitrogens with one attached hydrogen (secondary N) is 1. The lowest BCUT2D eigenvalue weighted by molar-refractivity contribution is -0.909. The van der Waals surface area contributed by atoms with Gasteiger partial charge in [0.2, 0.25) is 18.4 Å². The summed E-state index contributed by atoms with van der Waals surface area (Å²) in [5.41, 5.74) is 4.39. The highest BCUT2D eigenvalue weighted by Gasteiger charge is 2.40. The van der Waals surface area contributed by atoms with Crippen LogP contribution < -0.4 is 19.1 Å². The van der Waals surface area contributed by atoms with E-state index in [1.807, 2.05) is 16.8 Å². The number of tetrazole rings is 1. The van der Waals surface area contributed by atoms with Gasteiger partial charge in [0.05, 0.1) is 32.0 Å². The first-order valence-electron chi connectivity index (χ1n) is 9.34. The quantitative estimate of drug-likeness (QED) is 0.727. The molecule has 1 unspecified atom stereocenters. The number of likely N-dealkylation sites (N-methyl/N-ethyl adjacent to an activating group) is 1. The van der Waals surface area contributed by atoms with Crippen molar-refractivity contribution in [3.05, 3.63) is 52.8 Å². The molecule has 0 radical (unpaired) electrons. The summed E-state index contributed by atoms with van der Waals surface area (Å²) < 4.78 is 18.9. The molecule has 0 fully saturated rings. The second kappa shape index (κ2) is 6.49. The number of fused-ring (bicyclic) bond motifs is 2. The van der Waals surface area contributed by atoms with Gasteiger partial charge in [0.25, 0.3) is 0 Å². The molecule has 0 bridgehead atoms. The molecule has 3 aromatic rings. The summed E-state index contributed by atoms with van der Waals surface area (Å²) in [4.78, 5) is 1.30. The molecular formula is C20H22N5O3+. The van der Waals surface area contributed by atoms with E-state index in [0.29, 0.717) is 11.5 Å². The molecule has 0 spiro atoms. The summed E-state index contributed by atoms with van der Waals surface area (Å²) in [7, 11) is 3.83. The van der Waals surface area contributed by atoms with Gasteiger partial charge in [-0.3, -0.25) is 0 Å². The minimum atomic E-state index is -0.0792. The lowest BCUT2D eigenvalue weighted by atomic mass is 9.90. The Bertz CT molecular complexity index is 1030. The Morgan fingerprint density at radius 2 is 2.04 bits per heavy atom. The highest BCUT2D eigenvalue weighted by molar-refractivity contribution is 5.62. The number of hydrogen-bond donors (Lipinski definition) is 1. The molecule has 8 heteroatoms. The number of nitrogens with zero attached hydrogens (tertiary/aromatic N) is 4. The molecule has 2 aliphatic rings. The molecular weight excluding hydrogens is 358 g/mol. The maximum Gasteiger partial charge on any atom is 0.231 e. The van der Waals surface area contributed by atoms with Crippen molar-refractivity contribution in [2.24, 2.45) is 0 Å². The largest absolute Gasteiger partial charge is 0.492 e. The average molecular weight is 380 g/mol. The Morgan fingerprint density at radius 1 is 1.21 bits per heavy atom. The van der Waals surface area contributed by atoms with E-state index in [-0.39, 0.29) is 12.8 Å². The van der Waals surface area contributed by atoms with Gasteiger partial charge in [0, 0.05) is 6.42 Å². The number of benzene rings is 2. The Labute approximate surface area is 162 Å². The van der Waals surface area contributed by atoms with E-state index in [1.165, 1.54) is 16.0 Å². The van der Waals surface area contributed by atoms with Gasteiger partial charge in [-0.15, -0.1) is 5.10 Å². The molecule has 0 saturated heterocycles. The van der Waals surface area contributed by atoms with Crippen LogP contribution in [-0.2, 0) is 6.42 Å². The van der Waals surface area contributed by atoms with E-state index in [2.05, 4.69) is 47.7 Å². The lowest BCUT2D eigenvalue weighted by Gasteiger charge is -2.32. The van der Waals surface area contributed by atoms with Crippen LogP contribution in [-0.4, -0.2) is 47.7 Å². The van der Waals surface area contributed by atoms with Crippen molar-refractivity contribution in [3.63, 3.8) is 0 Å². The van der Waals surface area contributed by atoms with E-state index in [1.54, 1.807) is 7.11 Å². The number of rotatable bonds is 3. The predicted molar refractivity (Wildman–Crippen MR) is 100 cm³/mol. The molecule has 2 aromatic carbocycles. The Balaban J connectivity index is 1.69. The second-order valence-electron chi connectivity index (χ2n) is 7.28. The molecule has 0 saturated carbocycles. The van der Waals surface area contributed by atoms with Crippen LogP contribution >= 0.6 is 0 Å². The third-order valence-corrected chi connectivity index (χ3v) is 5.55. The minimum absolute atomic E-state index is 0.0792. The normalized spacial score (nSPS) is 20.1. The first-order chi connectivity index (χ1) is 13.7. The van der Waals surface area contributed by atoms with Gasteiger partial charge in [-0.25, -0.2) is 0 Å². The van der Waals surface area contributed by atoms with Crippen LogP contribution in [0.5, 0.6) is 17.2 Å². The van der Waals surface area contributed by atoms with Crippen molar-refractivity contribution in [1.82, 2.24) is 20.2 Å². The molecule has 0 amide bonds. The highest BCUT2D eigenvalue weighted by atomic mass is 16.7. The summed E-state index contributed by atoms with van der Waals surface area (Å²) in [6.07, 6.45) is 0.927. The number of quaternary nitrogens is 1. The number of hydrogen-bond acceptors (Lipinski definition) is 6. The molecule has 2 atom stereocenters. The van der Waals surface area contributed by atoms with Gasteiger partial charge in [0.15, 0.2) is 17.5 Å². The van der Waals surface area contributed by atoms with Crippen LogP contribution in [0.1, 0.15) is 28.6 Å². The summed E-state index contributed by atoms with van der Waals surface area (Å²) in [6.45, 7) is 3.23. The van der Waals surface area contributed by atoms with Gasteiger partial charge in [-0.1, -0.05) is 17.7 Å². The first kappa shape index (κ1) is 17.0. The summed E-state index contributed by atoms with van der Waals surface area (Å²) >= 11 is 0. The van der Waals surface area contributed by atoms with E-state index in [0.717, 1.165) is 35.8 Å². The Kier molecular flexibility index (Phi) is 3.94. The zero-order valence-corrected chi connectivity index (χ0v) is 16.1. The first-order valence-corrected chi connectivity index (χ1v) is 9.34. The van der Waals surface area contributed by atoms with Crippen molar-refractivity contribution in [1.29, 1.82) is 0 Å². The van der Waals surface area contributed by atoms with Gasteiger partial charge in [-0.05, 0) is 41.1 Å². The van der Waals surface area contributed by atoms with Crippen molar-refractivity contribution in [2.45, 2.75) is 19.4 Å². The van der Waals surface area contributed by atoms with Crippen molar-refractivity contribution < 1.29 is 19.1 Å². The average Bonchev–Trinajstić information content (AvgIpc) is 3.36. The van der Waals surface area contributed by atoms with Gasteiger partial charge in [-0.2, -0.15) is 4.68 Å². The highest BCUT2D eigenvalue weighted by Crippen LogP contribution is 2.48.